The first-order valence-electron chi connectivity index (χ1n) is 3.03. The van der Waals surface area contributed by atoms with E-state index in [1.807, 2.05) is 6.92 Å². The second-order valence-corrected chi connectivity index (χ2v) is 2.99. The summed E-state index contributed by atoms with van der Waals surface area (Å²) in [5.41, 5.74) is 2.25. The third-order valence-corrected chi connectivity index (χ3v) is 2.38. The van der Waals surface area contributed by atoms with Gasteiger partial charge in [0.15, 0.2) is 0 Å². The van der Waals surface area contributed by atoms with Crippen molar-refractivity contribution in [2.45, 2.75) is 6.92 Å². The zero-order valence-electron chi connectivity index (χ0n) is 5.53. The molecular weight excluding hydrogens is 144 g/mol. The Balaban J connectivity index is 2.93. The van der Waals surface area contributed by atoms with Gasteiger partial charge in [-0.25, -0.2) is 4.98 Å². The summed E-state index contributed by atoms with van der Waals surface area (Å²) in [5.74, 6) is 0. The Labute approximate surface area is 62.6 Å². The Bertz CT molecular complexity index is 353. The normalized spacial score (nSPS) is 10.5. The van der Waals surface area contributed by atoms with Crippen molar-refractivity contribution < 1.29 is 0 Å². The van der Waals surface area contributed by atoms with E-state index in [4.69, 9.17) is 0 Å². The molecule has 0 bridgehead atoms. The maximum absolute atomic E-state index is 4.19. The largest absolute Gasteiger partial charge is 0.252 e. The molecule has 0 atom stereocenters. The number of hydrogen-bond acceptors (Lipinski definition) is 3. The van der Waals surface area contributed by atoms with Crippen LogP contribution in [0.2, 0.25) is 0 Å². The third kappa shape index (κ3) is 0.708. The highest BCUT2D eigenvalue weighted by molar-refractivity contribution is 7.16. The minimum absolute atomic E-state index is 1.03. The van der Waals surface area contributed by atoms with Crippen molar-refractivity contribution in [3.63, 3.8) is 0 Å². The van der Waals surface area contributed by atoms with Gasteiger partial charge in [-0.1, -0.05) is 0 Å². The van der Waals surface area contributed by atoms with Gasteiger partial charge in [0.25, 0.3) is 0 Å². The summed E-state index contributed by atoms with van der Waals surface area (Å²) in [6, 6.07) is 0. The van der Waals surface area contributed by atoms with E-state index in [2.05, 4.69) is 15.3 Å². The summed E-state index contributed by atoms with van der Waals surface area (Å²) in [4.78, 5) is 9.37. The molecule has 0 N–H and O–H groups in total. The second kappa shape index (κ2) is 2.02. The number of nitrogens with zero attached hydrogens (tertiary/aromatic N) is 2. The minimum Gasteiger partial charge on any atom is -0.252 e. The summed E-state index contributed by atoms with van der Waals surface area (Å²) in [7, 11) is 0. The van der Waals surface area contributed by atoms with E-state index in [1.54, 1.807) is 23.7 Å². The quantitative estimate of drug-likeness (QED) is 0.574. The number of aryl methyl sites for hydroxylation is 1. The molecular formula is C7H6N2S. The van der Waals surface area contributed by atoms with Crippen LogP contribution in [0.3, 0.4) is 0 Å². The number of thiophene rings is 1. The number of rotatable bonds is 0. The van der Waals surface area contributed by atoms with Crippen molar-refractivity contribution >= 4 is 21.7 Å². The Morgan fingerprint density at radius 3 is 2.90 bits per heavy atom. The van der Waals surface area contributed by atoms with Crippen molar-refractivity contribution in [3.05, 3.63) is 23.3 Å². The molecule has 3 heteroatoms. The van der Waals surface area contributed by atoms with Crippen LogP contribution >= 0.6 is 11.3 Å². The molecule has 0 saturated heterocycles. The molecule has 0 aromatic carbocycles. The lowest BCUT2D eigenvalue weighted by molar-refractivity contribution is 1.30. The summed E-state index contributed by atoms with van der Waals surface area (Å²) in [6.07, 6.45) is 3.44. The van der Waals surface area contributed by atoms with Crippen LogP contribution < -0.4 is 0 Å². The number of fused-ring (bicyclic) bond motifs is 1. The monoisotopic (exact) mass is 150 g/mol. The highest BCUT2D eigenvalue weighted by atomic mass is 32.1. The molecule has 2 heterocycles. The Kier molecular flexibility index (Phi) is 1.17. The van der Waals surface area contributed by atoms with E-state index in [1.165, 1.54) is 5.56 Å². The Hall–Kier alpha value is -0.960. The highest BCUT2D eigenvalue weighted by Crippen LogP contribution is 2.19. The van der Waals surface area contributed by atoms with Crippen LogP contribution in [-0.2, 0) is 0 Å². The predicted molar refractivity (Wildman–Crippen MR) is 42.2 cm³/mol. The van der Waals surface area contributed by atoms with Gasteiger partial charge in [0.2, 0.25) is 0 Å². The van der Waals surface area contributed by atoms with Crippen LogP contribution in [0.15, 0.2) is 17.8 Å². The number of aromatic nitrogens is 2. The van der Waals surface area contributed by atoms with Crippen LogP contribution in [0.5, 0.6) is 0 Å². The Morgan fingerprint density at radius 1 is 1.30 bits per heavy atom. The molecule has 50 valence electrons. The van der Waals surface area contributed by atoms with Gasteiger partial charge in [0, 0.05) is 12.4 Å². The van der Waals surface area contributed by atoms with Crippen molar-refractivity contribution in [2.75, 3.05) is 0 Å². The molecule has 0 unspecified atom stereocenters. The topological polar surface area (TPSA) is 25.8 Å². The molecule has 2 aromatic heterocycles. The lowest BCUT2D eigenvalue weighted by Gasteiger charge is -1.85. The first-order chi connectivity index (χ1) is 4.88. The summed E-state index contributed by atoms with van der Waals surface area (Å²) in [6.45, 7) is 2.05. The van der Waals surface area contributed by atoms with Gasteiger partial charge in [-0.2, -0.15) is 0 Å². The van der Waals surface area contributed by atoms with E-state index in [0.717, 1.165) is 10.3 Å². The Morgan fingerprint density at radius 2 is 2.10 bits per heavy atom. The molecule has 0 amide bonds. The third-order valence-electron chi connectivity index (χ3n) is 1.39. The van der Waals surface area contributed by atoms with Crippen LogP contribution in [0.4, 0.5) is 0 Å². The molecule has 0 saturated carbocycles. The first kappa shape index (κ1) is 5.80. The summed E-state index contributed by atoms with van der Waals surface area (Å²) >= 11 is 1.64. The average molecular weight is 150 g/mol. The standard InChI is InChI=1S/C7H6N2S/c1-5-4-10-7-6(5)8-2-3-9-7/h2-4H,1H3. The fraction of sp³-hybridized carbons (Fsp3) is 0.143. The zero-order valence-corrected chi connectivity index (χ0v) is 6.35. The fourth-order valence-electron chi connectivity index (χ4n) is 0.882. The lowest BCUT2D eigenvalue weighted by atomic mass is 10.3. The van der Waals surface area contributed by atoms with Crippen molar-refractivity contribution in [1.29, 1.82) is 0 Å². The predicted octanol–water partition coefficient (Wildman–Crippen LogP) is 2.00. The summed E-state index contributed by atoms with van der Waals surface area (Å²) in [5, 5.41) is 2.07. The van der Waals surface area contributed by atoms with Gasteiger partial charge in [-0.15, -0.1) is 11.3 Å². The van der Waals surface area contributed by atoms with Crippen molar-refractivity contribution in [3.8, 4) is 0 Å². The van der Waals surface area contributed by atoms with Crippen LogP contribution in [-0.4, -0.2) is 9.97 Å². The van der Waals surface area contributed by atoms with Crippen LogP contribution in [0.1, 0.15) is 5.56 Å². The molecule has 0 radical (unpaired) electrons. The van der Waals surface area contributed by atoms with E-state index in [-0.39, 0.29) is 0 Å². The van der Waals surface area contributed by atoms with Gasteiger partial charge in [-0.3, -0.25) is 4.98 Å². The van der Waals surface area contributed by atoms with Gasteiger partial charge < -0.3 is 0 Å². The van der Waals surface area contributed by atoms with Gasteiger partial charge >= 0.3 is 0 Å². The molecule has 2 rings (SSSR count). The van der Waals surface area contributed by atoms with E-state index >= 15 is 0 Å². The summed E-state index contributed by atoms with van der Waals surface area (Å²) < 4.78 is 0. The first-order valence-corrected chi connectivity index (χ1v) is 3.91. The van der Waals surface area contributed by atoms with Crippen molar-refractivity contribution in [2.24, 2.45) is 0 Å². The maximum Gasteiger partial charge on any atom is 0.142 e. The van der Waals surface area contributed by atoms with E-state index < -0.39 is 0 Å². The molecule has 0 aliphatic rings. The van der Waals surface area contributed by atoms with Gasteiger partial charge in [-0.05, 0) is 17.9 Å². The SMILES string of the molecule is Cc1csc2nccnc12. The lowest BCUT2D eigenvalue weighted by Crippen LogP contribution is -1.75. The highest BCUT2D eigenvalue weighted by Gasteiger charge is 1.98. The van der Waals surface area contributed by atoms with E-state index in [0.29, 0.717) is 0 Å². The van der Waals surface area contributed by atoms with Crippen LogP contribution in [0.25, 0.3) is 10.3 Å². The van der Waals surface area contributed by atoms with Crippen LogP contribution in [0, 0.1) is 6.92 Å². The molecule has 2 aromatic rings. The average Bonchev–Trinajstić information content (AvgIpc) is 2.34. The maximum atomic E-state index is 4.19. The molecule has 10 heavy (non-hydrogen) atoms. The molecule has 0 aliphatic heterocycles. The fourth-order valence-corrected chi connectivity index (χ4v) is 1.73. The van der Waals surface area contributed by atoms with Gasteiger partial charge in [0.1, 0.15) is 10.3 Å². The minimum atomic E-state index is 1.03. The van der Waals surface area contributed by atoms with Crippen molar-refractivity contribution in [1.82, 2.24) is 9.97 Å². The van der Waals surface area contributed by atoms with Gasteiger partial charge in [0.05, 0.1) is 0 Å². The van der Waals surface area contributed by atoms with E-state index in [9.17, 15) is 0 Å². The molecule has 0 fully saturated rings. The second-order valence-electron chi connectivity index (χ2n) is 2.13. The smallest absolute Gasteiger partial charge is 0.142 e. The zero-order chi connectivity index (χ0) is 6.97. The molecule has 2 nitrogen and oxygen atoms in total. The number of hydrogen-bond donors (Lipinski definition) is 0. The molecule has 0 aliphatic carbocycles. The molecule has 0 spiro atoms.